The molecule has 1 amide bonds. The zero-order valence-electron chi connectivity index (χ0n) is 29.1. The number of alkyl halides is 4. The van der Waals surface area contributed by atoms with Crippen molar-refractivity contribution < 1.29 is 27.2 Å². The lowest BCUT2D eigenvalue weighted by atomic mass is 10.0. The summed E-state index contributed by atoms with van der Waals surface area (Å²) in [7, 11) is 0.500. The molecule has 1 aromatic heterocycles. The molecular formula is C38H45Cl2F4N5O2. The van der Waals surface area contributed by atoms with Gasteiger partial charge in [-0.25, -0.2) is 4.98 Å². The van der Waals surface area contributed by atoms with Crippen LogP contribution in [0.2, 0.25) is 10.0 Å². The third-order valence-corrected chi connectivity index (χ3v) is 7.86. The molecule has 0 bridgehead atoms. The normalized spacial score (nSPS) is 11.1. The molecule has 1 heterocycles. The first-order chi connectivity index (χ1) is 24.5. The van der Waals surface area contributed by atoms with E-state index >= 15 is 0 Å². The van der Waals surface area contributed by atoms with Crippen molar-refractivity contribution in [3.8, 4) is 17.1 Å². The number of rotatable bonds is 15. The van der Waals surface area contributed by atoms with Crippen molar-refractivity contribution in [2.75, 3.05) is 26.9 Å². The van der Waals surface area contributed by atoms with Gasteiger partial charge in [-0.3, -0.25) is 13.8 Å². The number of carbonyl (C=O) groups excluding carboxylic acids is 1. The van der Waals surface area contributed by atoms with Crippen LogP contribution in [0.3, 0.4) is 0 Å². The molecule has 0 aliphatic rings. The predicted octanol–water partition coefficient (Wildman–Crippen LogP) is 10.3. The molecule has 0 unspecified atom stereocenters. The second-order valence-corrected chi connectivity index (χ2v) is 11.8. The minimum absolute atomic E-state index is 0.210. The Morgan fingerprint density at radius 2 is 1.63 bits per heavy atom. The Balaban J connectivity index is 0.00000171. The second kappa shape index (κ2) is 22.6. The fourth-order valence-electron chi connectivity index (χ4n) is 4.98. The van der Waals surface area contributed by atoms with Gasteiger partial charge in [0.2, 0.25) is 0 Å². The van der Waals surface area contributed by atoms with E-state index in [0.29, 0.717) is 65.0 Å². The summed E-state index contributed by atoms with van der Waals surface area (Å²) < 4.78 is 50.4. The van der Waals surface area contributed by atoms with Crippen molar-refractivity contribution in [2.24, 2.45) is 10.9 Å². The number of imidazole rings is 1. The van der Waals surface area contributed by atoms with Crippen LogP contribution in [-0.4, -0.2) is 48.0 Å². The van der Waals surface area contributed by atoms with Crippen LogP contribution in [0.1, 0.15) is 73.3 Å². The summed E-state index contributed by atoms with van der Waals surface area (Å²) in [6.45, 7) is 8.16. The number of unbranched alkanes of at least 4 members (excludes halogenated alkanes) is 3. The largest absolute Gasteiger partial charge is 0.416 e. The number of nitrogens with two attached hydrogens (primary N) is 1. The van der Waals surface area contributed by atoms with E-state index in [1.54, 1.807) is 24.3 Å². The Morgan fingerprint density at radius 1 is 1.00 bits per heavy atom. The Kier molecular flexibility index (Phi) is 19.0. The third kappa shape index (κ3) is 13.1. The van der Waals surface area contributed by atoms with E-state index < -0.39 is 11.7 Å². The lowest BCUT2D eigenvalue weighted by Crippen LogP contribution is -2.26. The van der Waals surface area contributed by atoms with Crippen molar-refractivity contribution >= 4 is 34.8 Å². The zero-order valence-corrected chi connectivity index (χ0v) is 30.6. The molecule has 0 saturated heterocycles. The first kappa shape index (κ1) is 43.0. The minimum Gasteiger partial charge on any atom is -0.394 e. The van der Waals surface area contributed by atoms with E-state index in [2.05, 4.69) is 17.1 Å². The molecule has 3 N–H and O–H groups in total. The topological polar surface area (TPSA) is 94.5 Å². The average molecular weight is 751 g/mol. The maximum absolute atomic E-state index is 13.4. The first-order valence-corrected chi connectivity index (χ1v) is 17.2. The van der Waals surface area contributed by atoms with Gasteiger partial charge in [-0.1, -0.05) is 78.5 Å². The number of nitrogens with one attached hydrogen (secondary N) is 1. The lowest BCUT2D eigenvalue weighted by Gasteiger charge is -2.13. The lowest BCUT2D eigenvalue weighted by molar-refractivity contribution is -0.137. The van der Waals surface area contributed by atoms with Crippen molar-refractivity contribution in [1.29, 1.82) is 0 Å². The molecule has 3 aromatic carbocycles. The van der Waals surface area contributed by atoms with E-state index in [1.165, 1.54) is 12.1 Å². The number of carbonyl (C=O) groups is 1. The Hall–Kier alpha value is -4.19. The molecule has 0 spiro atoms. The van der Waals surface area contributed by atoms with Crippen molar-refractivity contribution in [3.63, 3.8) is 0 Å². The molecule has 51 heavy (non-hydrogen) atoms. The Labute approximate surface area is 307 Å². The van der Waals surface area contributed by atoms with Gasteiger partial charge < -0.3 is 15.9 Å². The molecule has 0 saturated carbocycles. The van der Waals surface area contributed by atoms with Crippen LogP contribution in [0.4, 0.5) is 17.6 Å². The van der Waals surface area contributed by atoms with Gasteiger partial charge in [0.25, 0.3) is 5.91 Å². The van der Waals surface area contributed by atoms with Gasteiger partial charge >= 0.3 is 6.18 Å². The maximum Gasteiger partial charge on any atom is 0.416 e. The Morgan fingerprint density at radius 3 is 2.22 bits per heavy atom. The summed E-state index contributed by atoms with van der Waals surface area (Å²) in [5.41, 5.74) is 8.50. The van der Waals surface area contributed by atoms with Crippen LogP contribution in [0.5, 0.6) is 0 Å². The molecular weight excluding hydrogens is 705 g/mol. The molecule has 0 atom stereocenters. The van der Waals surface area contributed by atoms with Crippen molar-refractivity contribution in [3.05, 3.63) is 118 Å². The van der Waals surface area contributed by atoms with Crippen LogP contribution < -0.4 is 11.1 Å². The molecule has 0 aliphatic heterocycles. The van der Waals surface area contributed by atoms with Gasteiger partial charge in [0, 0.05) is 29.4 Å². The molecule has 0 radical (unpaired) electrons. The molecule has 4 rings (SSSR count). The highest BCUT2D eigenvalue weighted by Gasteiger charge is 2.30. The van der Waals surface area contributed by atoms with Gasteiger partial charge in [0.05, 0.1) is 29.2 Å². The molecule has 276 valence electrons. The first-order valence-electron chi connectivity index (χ1n) is 16.5. The van der Waals surface area contributed by atoms with Crippen LogP contribution in [0.25, 0.3) is 17.1 Å². The molecule has 7 nitrogen and oxygen atoms in total. The number of hydrogen-bond donors (Lipinski definition) is 2. The van der Waals surface area contributed by atoms with E-state index in [9.17, 15) is 22.4 Å². The standard InChI is InChI=1S/C34H36Cl2F3N5O2.C3H6.CH3F/c1-2-30-31(42-32(27-9-6-7-10-28(27)36)44(30)26-18-16-25(35)17-19-26)33(45)41-21-8-4-3-5-11-29(43-46-22-20-40)23-12-14-24(15-13-23)34(37,38)39;1-3-2;1-2/h6-7,9-10,12-19H,2-5,8,11,20-22,40H2,1H3,(H,41,45);3H,1H2,2H3;1H3/b43-29+;;. The summed E-state index contributed by atoms with van der Waals surface area (Å²) >= 11 is 12.7. The third-order valence-electron chi connectivity index (χ3n) is 7.28. The van der Waals surface area contributed by atoms with Gasteiger partial charge in [0.1, 0.15) is 18.1 Å². The van der Waals surface area contributed by atoms with Crippen LogP contribution >= 0.6 is 23.2 Å². The van der Waals surface area contributed by atoms with E-state index in [-0.39, 0.29) is 19.1 Å². The molecule has 0 fully saturated rings. The van der Waals surface area contributed by atoms with Crippen LogP contribution in [-0.2, 0) is 17.4 Å². The summed E-state index contributed by atoms with van der Waals surface area (Å²) in [6.07, 6.45) is 1.55. The number of nitrogens with zero attached hydrogens (tertiary/aromatic N) is 3. The quantitative estimate of drug-likeness (QED) is 0.0416. The SMILES string of the molecule is C=CC.CCc1c(C(=O)NCCCCCC/C(=N\OCCN)c2ccc(C(F)(F)F)cc2)nc(-c2ccccc2Cl)n1-c1ccc(Cl)cc1.CF. The maximum atomic E-state index is 13.4. The molecule has 4 aromatic rings. The smallest absolute Gasteiger partial charge is 0.394 e. The highest BCUT2D eigenvalue weighted by atomic mass is 35.5. The van der Waals surface area contributed by atoms with Gasteiger partial charge in [-0.2, -0.15) is 13.2 Å². The number of halogens is 6. The second-order valence-electron chi connectivity index (χ2n) is 10.9. The average Bonchev–Trinajstić information content (AvgIpc) is 3.51. The van der Waals surface area contributed by atoms with E-state index in [1.807, 2.05) is 48.7 Å². The monoisotopic (exact) mass is 749 g/mol. The fourth-order valence-corrected chi connectivity index (χ4v) is 5.33. The van der Waals surface area contributed by atoms with E-state index in [4.69, 9.17) is 38.8 Å². The summed E-state index contributed by atoms with van der Waals surface area (Å²) in [5, 5.41) is 8.24. The van der Waals surface area contributed by atoms with Crippen molar-refractivity contribution in [1.82, 2.24) is 14.9 Å². The minimum atomic E-state index is -4.41. The highest BCUT2D eigenvalue weighted by molar-refractivity contribution is 6.33. The van der Waals surface area contributed by atoms with Gasteiger partial charge in [-0.05, 0) is 86.7 Å². The van der Waals surface area contributed by atoms with Crippen molar-refractivity contribution in [2.45, 2.75) is 58.5 Å². The number of hydrogen-bond acceptors (Lipinski definition) is 5. The summed E-state index contributed by atoms with van der Waals surface area (Å²) in [4.78, 5) is 23.4. The zero-order chi connectivity index (χ0) is 37.8. The van der Waals surface area contributed by atoms with Crippen LogP contribution in [0.15, 0.2) is 90.6 Å². The summed E-state index contributed by atoms with van der Waals surface area (Å²) in [6, 6.07) is 19.6. The number of benzene rings is 3. The number of aromatic nitrogens is 2. The predicted molar refractivity (Wildman–Crippen MR) is 200 cm³/mol. The van der Waals surface area contributed by atoms with E-state index in [0.717, 1.165) is 49.2 Å². The Bertz CT molecular complexity index is 1680. The van der Waals surface area contributed by atoms with Gasteiger partial charge in [0.15, 0.2) is 0 Å². The summed E-state index contributed by atoms with van der Waals surface area (Å²) in [5.74, 6) is 0.294. The molecule has 13 heteroatoms. The number of amides is 1. The van der Waals surface area contributed by atoms with Crippen LogP contribution in [0, 0.1) is 0 Å². The highest BCUT2D eigenvalue weighted by Crippen LogP contribution is 2.33. The molecule has 0 aliphatic carbocycles. The van der Waals surface area contributed by atoms with Gasteiger partial charge in [-0.15, -0.1) is 6.58 Å². The number of allylic oxidation sites excluding steroid dienone is 1. The fraction of sp³-hybridized carbons (Fsp3) is 0.342. The number of oxime groups is 1.